The number of hydrogen-bond donors (Lipinski definition) is 0. The molecule has 2 nitrogen and oxygen atoms in total. The van der Waals surface area contributed by atoms with Gasteiger partial charge in [0.1, 0.15) is 6.10 Å². The van der Waals surface area contributed by atoms with E-state index in [2.05, 4.69) is 26.0 Å². The maximum absolute atomic E-state index is 12.5. The first-order valence-electron chi connectivity index (χ1n) is 14.5. The Balaban J connectivity index is 1.27. The summed E-state index contributed by atoms with van der Waals surface area (Å²) in [5.41, 5.74) is 2.07. The van der Waals surface area contributed by atoms with Crippen LogP contribution in [0.3, 0.4) is 0 Å². The molecule has 0 bridgehead atoms. The molecule has 0 radical (unpaired) electrons. The van der Waals surface area contributed by atoms with Crippen LogP contribution in [0.2, 0.25) is 0 Å². The fraction of sp³-hybridized carbons (Fsp3) is 0.774. The van der Waals surface area contributed by atoms with Gasteiger partial charge >= 0.3 is 5.97 Å². The first-order valence-corrected chi connectivity index (χ1v) is 14.5. The number of aryl methyl sites for hydroxylation is 1. The lowest BCUT2D eigenvalue weighted by Crippen LogP contribution is -2.24. The normalized spacial score (nSPS) is 25.6. The van der Waals surface area contributed by atoms with Crippen LogP contribution in [0.15, 0.2) is 24.3 Å². The highest BCUT2D eigenvalue weighted by atomic mass is 16.5. The smallest absolute Gasteiger partial charge is 0.338 e. The second-order valence-corrected chi connectivity index (χ2v) is 11.2. The Morgan fingerprint density at radius 1 is 0.697 bits per heavy atom. The lowest BCUT2D eigenvalue weighted by Gasteiger charge is -2.28. The molecule has 2 saturated carbocycles. The van der Waals surface area contributed by atoms with E-state index in [9.17, 15) is 4.79 Å². The van der Waals surface area contributed by atoms with Gasteiger partial charge in [-0.15, -0.1) is 0 Å². The van der Waals surface area contributed by atoms with Gasteiger partial charge in [0.05, 0.1) is 5.56 Å². The van der Waals surface area contributed by atoms with Crippen LogP contribution in [-0.4, -0.2) is 12.1 Å². The van der Waals surface area contributed by atoms with E-state index in [1.54, 1.807) is 0 Å². The second-order valence-electron chi connectivity index (χ2n) is 11.2. The Labute approximate surface area is 204 Å². The van der Waals surface area contributed by atoms with Crippen molar-refractivity contribution in [1.82, 2.24) is 0 Å². The fourth-order valence-electron chi connectivity index (χ4n) is 6.23. The largest absolute Gasteiger partial charge is 0.459 e. The summed E-state index contributed by atoms with van der Waals surface area (Å²) in [6.07, 6.45) is 23.9. The third-order valence-corrected chi connectivity index (χ3v) is 8.46. The molecule has 2 aliphatic rings. The SMILES string of the molecule is CCCCC[C@H]1CC[C@H](CCCCc2ccc(C(=O)O[C@H]3CC[C@H](CCC)CC3)cc2)CC1. The molecule has 0 aromatic heterocycles. The van der Waals surface area contributed by atoms with Gasteiger partial charge < -0.3 is 4.74 Å². The van der Waals surface area contributed by atoms with E-state index in [0.29, 0.717) is 5.56 Å². The van der Waals surface area contributed by atoms with E-state index in [4.69, 9.17) is 4.74 Å². The number of rotatable bonds is 13. The van der Waals surface area contributed by atoms with Crippen molar-refractivity contribution in [3.63, 3.8) is 0 Å². The topological polar surface area (TPSA) is 26.3 Å². The zero-order valence-corrected chi connectivity index (χ0v) is 21.7. The monoisotopic (exact) mass is 454 g/mol. The van der Waals surface area contributed by atoms with Crippen LogP contribution >= 0.6 is 0 Å². The molecular formula is C31H50O2. The van der Waals surface area contributed by atoms with Crippen LogP contribution < -0.4 is 0 Å². The second kappa shape index (κ2) is 14.8. The summed E-state index contributed by atoms with van der Waals surface area (Å²) in [5, 5.41) is 0. The molecule has 0 heterocycles. The average Bonchev–Trinajstić information content (AvgIpc) is 2.85. The van der Waals surface area contributed by atoms with Crippen LogP contribution in [0.1, 0.15) is 139 Å². The van der Waals surface area contributed by atoms with Gasteiger partial charge in [-0.05, 0) is 74.0 Å². The minimum Gasteiger partial charge on any atom is -0.459 e. The predicted molar refractivity (Wildman–Crippen MR) is 140 cm³/mol. The van der Waals surface area contributed by atoms with Gasteiger partial charge in [-0.2, -0.15) is 0 Å². The Morgan fingerprint density at radius 2 is 1.24 bits per heavy atom. The highest BCUT2D eigenvalue weighted by molar-refractivity contribution is 5.89. The first kappa shape index (κ1) is 26.3. The molecule has 1 aromatic rings. The molecule has 3 rings (SSSR count). The van der Waals surface area contributed by atoms with Gasteiger partial charge in [0.25, 0.3) is 0 Å². The van der Waals surface area contributed by atoms with Crippen LogP contribution in [-0.2, 0) is 11.2 Å². The quantitative estimate of drug-likeness (QED) is 0.219. The molecule has 0 saturated heterocycles. The summed E-state index contributed by atoms with van der Waals surface area (Å²) < 4.78 is 5.81. The van der Waals surface area contributed by atoms with Gasteiger partial charge in [0, 0.05) is 0 Å². The lowest BCUT2D eigenvalue weighted by atomic mass is 9.78. The number of hydrogen-bond acceptors (Lipinski definition) is 2. The van der Waals surface area contributed by atoms with E-state index in [1.807, 2.05) is 12.1 Å². The third kappa shape index (κ3) is 9.45. The number of ether oxygens (including phenoxy) is 1. The molecule has 0 unspecified atom stereocenters. The van der Waals surface area contributed by atoms with E-state index in [1.165, 1.54) is 102 Å². The molecule has 0 amide bonds. The van der Waals surface area contributed by atoms with Crippen LogP contribution in [0.5, 0.6) is 0 Å². The summed E-state index contributed by atoms with van der Waals surface area (Å²) in [7, 11) is 0. The number of esters is 1. The number of carbonyl (C=O) groups is 1. The first-order chi connectivity index (χ1) is 16.2. The lowest BCUT2D eigenvalue weighted by molar-refractivity contribution is 0.0161. The zero-order valence-electron chi connectivity index (χ0n) is 21.7. The van der Waals surface area contributed by atoms with Crippen molar-refractivity contribution >= 4 is 5.97 Å². The highest BCUT2D eigenvalue weighted by Crippen LogP contribution is 2.34. The molecule has 1 aromatic carbocycles. The van der Waals surface area contributed by atoms with Gasteiger partial charge in [-0.25, -0.2) is 4.79 Å². The minimum absolute atomic E-state index is 0.122. The predicted octanol–water partition coefficient (Wildman–Crippen LogP) is 9.30. The van der Waals surface area contributed by atoms with E-state index < -0.39 is 0 Å². The Kier molecular flexibility index (Phi) is 11.8. The summed E-state index contributed by atoms with van der Waals surface area (Å²) in [4.78, 5) is 12.5. The molecule has 0 spiro atoms. The number of unbranched alkanes of at least 4 members (excludes halogenated alkanes) is 3. The molecule has 186 valence electrons. The molecule has 2 fully saturated rings. The molecule has 2 aliphatic carbocycles. The number of carbonyl (C=O) groups excluding carboxylic acids is 1. The minimum atomic E-state index is -0.134. The van der Waals surface area contributed by atoms with Gasteiger partial charge in [-0.1, -0.05) is 103 Å². The van der Waals surface area contributed by atoms with E-state index in [-0.39, 0.29) is 12.1 Å². The maximum Gasteiger partial charge on any atom is 0.338 e. The highest BCUT2D eigenvalue weighted by Gasteiger charge is 2.24. The fourth-order valence-corrected chi connectivity index (χ4v) is 6.23. The Hall–Kier alpha value is -1.31. The van der Waals surface area contributed by atoms with Crippen molar-refractivity contribution in [2.45, 2.75) is 136 Å². The van der Waals surface area contributed by atoms with Crippen molar-refractivity contribution in [3.05, 3.63) is 35.4 Å². The Bertz CT molecular complexity index is 648. The van der Waals surface area contributed by atoms with Gasteiger partial charge in [-0.3, -0.25) is 0 Å². The molecule has 33 heavy (non-hydrogen) atoms. The van der Waals surface area contributed by atoms with Crippen LogP contribution in [0.4, 0.5) is 0 Å². The van der Waals surface area contributed by atoms with Crippen LogP contribution in [0, 0.1) is 17.8 Å². The van der Waals surface area contributed by atoms with Crippen molar-refractivity contribution in [3.8, 4) is 0 Å². The maximum atomic E-state index is 12.5. The summed E-state index contributed by atoms with van der Waals surface area (Å²) >= 11 is 0. The summed E-state index contributed by atoms with van der Waals surface area (Å²) in [6.45, 7) is 4.57. The average molecular weight is 455 g/mol. The van der Waals surface area contributed by atoms with Crippen molar-refractivity contribution in [2.24, 2.45) is 17.8 Å². The van der Waals surface area contributed by atoms with Crippen LogP contribution in [0.25, 0.3) is 0 Å². The van der Waals surface area contributed by atoms with Crippen molar-refractivity contribution in [2.75, 3.05) is 0 Å². The van der Waals surface area contributed by atoms with Gasteiger partial charge in [0.15, 0.2) is 0 Å². The molecule has 0 aliphatic heterocycles. The number of benzene rings is 1. The Morgan fingerprint density at radius 3 is 1.82 bits per heavy atom. The zero-order chi connectivity index (χ0) is 23.3. The molecular weight excluding hydrogens is 404 g/mol. The standard InChI is InChI=1S/C31H50O2/c1-3-5-6-10-26-13-15-27(16-14-26)11-7-8-12-28-17-21-29(22-18-28)31(32)33-30-23-19-25(9-4-2)20-24-30/h17-18,21-22,25-27,30H,3-16,19-20,23-24H2,1-2H3/t25-,26-,27-,30-. The van der Waals surface area contributed by atoms with Crippen molar-refractivity contribution in [1.29, 1.82) is 0 Å². The molecule has 2 heteroatoms. The molecule has 0 N–H and O–H groups in total. The van der Waals surface area contributed by atoms with Gasteiger partial charge in [0.2, 0.25) is 0 Å². The molecule has 0 atom stereocenters. The van der Waals surface area contributed by atoms with E-state index in [0.717, 1.165) is 37.0 Å². The summed E-state index contributed by atoms with van der Waals surface area (Å²) in [6, 6.07) is 8.22. The third-order valence-electron chi connectivity index (χ3n) is 8.46. The summed E-state index contributed by atoms with van der Waals surface area (Å²) in [5.74, 6) is 2.70. The van der Waals surface area contributed by atoms with E-state index >= 15 is 0 Å². The van der Waals surface area contributed by atoms with Crippen molar-refractivity contribution < 1.29 is 9.53 Å².